The fourth-order valence-electron chi connectivity index (χ4n) is 9.69. The van der Waals surface area contributed by atoms with E-state index in [1.165, 1.54) is 7.11 Å². The number of piperazine rings is 2. The van der Waals surface area contributed by atoms with Crippen LogP contribution < -0.4 is 24.6 Å². The Morgan fingerprint density at radius 1 is 0.584 bits per heavy atom. The number of carbonyl (C=O) groups is 2. The summed E-state index contributed by atoms with van der Waals surface area (Å²) >= 11 is 25.7. The highest BCUT2D eigenvalue weighted by atomic mass is 35.5. The van der Waals surface area contributed by atoms with Gasteiger partial charge in [0.25, 0.3) is 5.91 Å². The Labute approximate surface area is 472 Å². The standard InChI is InChI=1S/C29H33Cl2N3O4.C29H32Cl2N2O5.CH4/c1-29(37,22-7-3-21(4-8-22)28(36)32-2)19-33-13-14-34(27(18-33)20-5-9-23(30)10-6-20)26-12-11-24(17-25(26)31)38-16-15-35;1-29(36,22-7-3-21(4-8-22)28(35)37-2)19-32-13-14-33(27(18-32)20-5-9-23(30)10-6-20)26-12-11-24(17-25(26)31)38-16-15-34;/h3-12,17,27,35,37H,13-16,18-19H2,1-2H3,(H,32,36);3-12,17,27,34,36H,13-16,18-19H2,1-2H3;1H4/t2*27-,29+;/m00./s1. The fraction of sp³-hybridized carbons (Fsp3) is 0.356. The number of anilines is 2. The van der Waals surface area contributed by atoms with E-state index in [2.05, 4.69) is 24.9 Å². The van der Waals surface area contributed by atoms with E-state index in [0.717, 1.165) is 40.2 Å². The van der Waals surface area contributed by atoms with Crippen molar-refractivity contribution in [3.63, 3.8) is 0 Å². The predicted molar refractivity (Wildman–Crippen MR) is 308 cm³/mol. The minimum absolute atomic E-state index is 0. The van der Waals surface area contributed by atoms with Crippen molar-refractivity contribution in [2.75, 3.05) is 103 Å². The second-order valence-electron chi connectivity index (χ2n) is 19.1. The first-order chi connectivity index (χ1) is 36.4. The molecule has 2 fully saturated rings. The van der Waals surface area contributed by atoms with Gasteiger partial charge in [-0.1, -0.05) is 102 Å². The summed E-state index contributed by atoms with van der Waals surface area (Å²) in [6.45, 7) is 8.79. The Balaban J connectivity index is 0.000000246. The number of nitrogens with one attached hydrogen (secondary N) is 1. The van der Waals surface area contributed by atoms with E-state index in [1.54, 1.807) is 81.6 Å². The molecule has 18 heteroatoms. The van der Waals surface area contributed by atoms with Gasteiger partial charge in [0.1, 0.15) is 24.7 Å². The Bertz CT molecular complexity index is 2670. The third-order valence-electron chi connectivity index (χ3n) is 13.6. The number of rotatable bonds is 18. The maximum atomic E-state index is 11.9. The van der Waals surface area contributed by atoms with Gasteiger partial charge in [0.15, 0.2) is 0 Å². The summed E-state index contributed by atoms with van der Waals surface area (Å²) in [6, 6.07) is 40.6. The first-order valence-corrected chi connectivity index (χ1v) is 26.5. The lowest BCUT2D eigenvalue weighted by Gasteiger charge is -2.45. The molecule has 8 rings (SSSR count). The molecule has 5 N–H and O–H groups in total. The van der Waals surface area contributed by atoms with Crippen LogP contribution in [0, 0.1) is 0 Å². The second kappa shape index (κ2) is 27.8. The van der Waals surface area contributed by atoms with Crippen molar-refractivity contribution in [3.05, 3.63) is 187 Å². The minimum Gasteiger partial charge on any atom is -0.491 e. The molecule has 0 radical (unpaired) electrons. The first-order valence-electron chi connectivity index (χ1n) is 24.9. The van der Waals surface area contributed by atoms with Crippen LogP contribution >= 0.6 is 46.4 Å². The van der Waals surface area contributed by atoms with Gasteiger partial charge in [0, 0.05) is 87.1 Å². The number of aliphatic hydroxyl groups is 4. The van der Waals surface area contributed by atoms with Gasteiger partial charge < -0.3 is 49.8 Å². The monoisotopic (exact) mass is 1130 g/mol. The molecule has 2 saturated heterocycles. The van der Waals surface area contributed by atoms with Gasteiger partial charge >= 0.3 is 5.97 Å². The maximum Gasteiger partial charge on any atom is 0.337 e. The maximum absolute atomic E-state index is 11.9. The molecular weight excluding hydrogens is 1060 g/mol. The Hall–Kier alpha value is -5.62. The van der Waals surface area contributed by atoms with Crippen LogP contribution in [0.3, 0.4) is 0 Å². The highest BCUT2D eigenvalue weighted by Gasteiger charge is 2.36. The third kappa shape index (κ3) is 15.8. The largest absolute Gasteiger partial charge is 0.491 e. The van der Waals surface area contributed by atoms with Gasteiger partial charge in [-0.25, -0.2) is 4.79 Å². The average molecular weight is 1130 g/mol. The lowest BCUT2D eigenvalue weighted by molar-refractivity contribution is 0.00992. The zero-order chi connectivity index (χ0) is 54.6. The minimum atomic E-state index is -1.13. The zero-order valence-corrected chi connectivity index (χ0v) is 46.0. The lowest BCUT2D eigenvalue weighted by atomic mass is 9.93. The van der Waals surface area contributed by atoms with Crippen molar-refractivity contribution in [1.29, 1.82) is 0 Å². The fourth-order valence-corrected chi connectivity index (χ4v) is 10.5. The molecule has 0 aromatic heterocycles. The predicted octanol–water partition coefficient (Wildman–Crippen LogP) is 10.1. The highest BCUT2D eigenvalue weighted by Crippen LogP contribution is 2.40. The van der Waals surface area contributed by atoms with Crippen molar-refractivity contribution in [2.24, 2.45) is 0 Å². The van der Waals surface area contributed by atoms with Crippen LogP contribution in [-0.2, 0) is 15.9 Å². The summed E-state index contributed by atoms with van der Waals surface area (Å²) < 4.78 is 15.8. The number of hydrogen-bond donors (Lipinski definition) is 5. The third-order valence-corrected chi connectivity index (χ3v) is 14.7. The number of ether oxygens (including phenoxy) is 3. The second-order valence-corrected chi connectivity index (χ2v) is 20.8. The number of hydrogen-bond acceptors (Lipinski definition) is 13. The molecule has 6 aromatic carbocycles. The van der Waals surface area contributed by atoms with Gasteiger partial charge in [-0.3, -0.25) is 14.6 Å². The van der Waals surface area contributed by atoms with Gasteiger partial charge in [0.2, 0.25) is 0 Å². The molecule has 0 bridgehead atoms. The van der Waals surface area contributed by atoms with E-state index in [-0.39, 0.29) is 51.8 Å². The van der Waals surface area contributed by atoms with E-state index in [4.69, 9.17) is 70.8 Å². The van der Waals surface area contributed by atoms with Gasteiger partial charge in [-0.2, -0.15) is 0 Å². The average Bonchev–Trinajstić information content (AvgIpc) is 3.42. The number of nitrogens with zero attached hydrogens (tertiary/aromatic N) is 4. The normalized spacial score (nSPS) is 17.4. The molecule has 0 unspecified atom stereocenters. The quantitative estimate of drug-likeness (QED) is 0.0517. The Kier molecular flexibility index (Phi) is 21.9. The number of methoxy groups -OCH3 is 1. The summed E-state index contributed by atoms with van der Waals surface area (Å²) in [5.41, 5.74) is 4.15. The van der Waals surface area contributed by atoms with E-state index in [9.17, 15) is 19.8 Å². The lowest BCUT2D eigenvalue weighted by Crippen LogP contribution is -2.52. The topological polar surface area (TPSA) is 168 Å². The molecule has 6 aromatic rings. The number of aliphatic hydroxyl groups excluding tert-OH is 2. The van der Waals surface area contributed by atoms with E-state index >= 15 is 0 Å². The van der Waals surface area contributed by atoms with Gasteiger partial charge in [-0.15, -0.1) is 0 Å². The van der Waals surface area contributed by atoms with Gasteiger partial charge in [-0.05, 0) is 109 Å². The van der Waals surface area contributed by atoms with Crippen LogP contribution in [0.1, 0.15) is 76.3 Å². The summed E-state index contributed by atoms with van der Waals surface area (Å²) in [4.78, 5) is 32.7. The molecule has 412 valence electrons. The number of amides is 1. The number of esters is 1. The van der Waals surface area contributed by atoms with Crippen LogP contribution in [0.2, 0.25) is 20.1 Å². The molecule has 2 aliphatic heterocycles. The van der Waals surface area contributed by atoms with Crippen LogP contribution in [0.4, 0.5) is 11.4 Å². The number of halogens is 4. The van der Waals surface area contributed by atoms with E-state index in [1.807, 2.05) is 72.8 Å². The van der Waals surface area contributed by atoms with Crippen molar-refractivity contribution < 1.29 is 44.2 Å². The molecule has 14 nitrogen and oxygen atoms in total. The van der Waals surface area contributed by atoms with Crippen molar-refractivity contribution in [1.82, 2.24) is 15.1 Å². The number of benzene rings is 6. The van der Waals surface area contributed by atoms with Crippen LogP contribution in [0.15, 0.2) is 133 Å². The summed E-state index contributed by atoms with van der Waals surface area (Å²) in [5, 5.41) is 46.0. The van der Waals surface area contributed by atoms with Crippen molar-refractivity contribution >= 4 is 69.7 Å². The first kappa shape index (κ1) is 60.6. The summed E-state index contributed by atoms with van der Waals surface area (Å²) in [5.74, 6) is 0.631. The molecule has 1 amide bonds. The smallest absolute Gasteiger partial charge is 0.337 e. The molecular formula is C59H69Cl4N5O9. The molecule has 2 heterocycles. The van der Waals surface area contributed by atoms with E-state index in [0.29, 0.717) is 88.5 Å². The van der Waals surface area contributed by atoms with Crippen LogP contribution in [0.5, 0.6) is 11.5 Å². The number of β-amino-alcohol motifs (C(OH)–C–C–N with tert-alkyl or cyclic N) is 2. The van der Waals surface area contributed by atoms with Crippen LogP contribution in [-0.4, -0.2) is 135 Å². The zero-order valence-electron chi connectivity index (χ0n) is 43.0. The summed E-state index contributed by atoms with van der Waals surface area (Å²) in [6.07, 6.45) is 0. The molecule has 4 atom stereocenters. The highest BCUT2D eigenvalue weighted by molar-refractivity contribution is 6.34. The Morgan fingerprint density at radius 2 is 0.974 bits per heavy atom. The molecule has 0 spiro atoms. The Morgan fingerprint density at radius 3 is 1.32 bits per heavy atom. The van der Waals surface area contributed by atoms with E-state index < -0.39 is 17.2 Å². The molecule has 0 saturated carbocycles. The summed E-state index contributed by atoms with van der Waals surface area (Å²) in [7, 11) is 2.94. The van der Waals surface area contributed by atoms with Crippen molar-refractivity contribution in [2.45, 2.75) is 44.6 Å². The SMILES string of the molecule is C.CNC(=O)c1ccc([C@](C)(O)CN2CCN(c3ccc(OCCO)cc3Cl)[C@H](c3ccc(Cl)cc3)C2)cc1.COC(=O)c1ccc([C@](C)(O)CN2CCN(c3ccc(OCCO)cc3Cl)[C@H](c3ccc(Cl)cc3)C2)cc1. The molecule has 0 aliphatic carbocycles. The van der Waals surface area contributed by atoms with Crippen LogP contribution in [0.25, 0.3) is 0 Å². The number of carbonyl (C=O) groups excluding carboxylic acids is 2. The van der Waals surface area contributed by atoms with Crippen molar-refractivity contribution in [3.8, 4) is 11.5 Å². The molecule has 77 heavy (non-hydrogen) atoms. The molecule has 2 aliphatic rings. The van der Waals surface area contributed by atoms with Gasteiger partial charge in [0.05, 0.1) is 70.6 Å².